The maximum atomic E-state index is 13.2. The van der Waals surface area contributed by atoms with Crippen LogP contribution in [-0.2, 0) is 6.54 Å². The van der Waals surface area contributed by atoms with Gasteiger partial charge >= 0.3 is 0 Å². The van der Waals surface area contributed by atoms with Crippen molar-refractivity contribution in [3.8, 4) is 28.5 Å². The number of methoxy groups -OCH3 is 3. The van der Waals surface area contributed by atoms with E-state index in [1.165, 1.54) is 0 Å². The normalized spacial score (nSPS) is 14.3. The standard InChI is InChI=1S/C24H27N3O4S/c1-29-18-7-4-6-17(14-18)19-16-32-22(25-19)15-26-10-12-27(13-11-26)24(28)23-20(30-2)8-5-9-21(23)31-3/h4-9,14,16H,10-13,15H2,1-3H3. The molecule has 1 aliphatic rings. The maximum absolute atomic E-state index is 13.2. The number of ether oxygens (including phenoxy) is 3. The van der Waals surface area contributed by atoms with Gasteiger partial charge in [-0.2, -0.15) is 0 Å². The highest BCUT2D eigenvalue weighted by Crippen LogP contribution is 2.30. The molecule has 0 saturated carbocycles. The van der Waals surface area contributed by atoms with Gasteiger partial charge in [-0.05, 0) is 24.3 Å². The van der Waals surface area contributed by atoms with Gasteiger partial charge in [0.25, 0.3) is 5.91 Å². The summed E-state index contributed by atoms with van der Waals surface area (Å²) >= 11 is 1.66. The van der Waals surface area contributed by atoms with Gasteiger partial charge in [0, 0.05) is 37.1 Å². The van der Waals surface area contributed by atoms with E-state index in [-0.39, 0.29) is 5.91 Å². The molecular weight excluding hydrogens is 426 g/mol. The van der Waals surface area contributed by atoms with E-state index in [9.17, 15) is 4.79 Å². The number of aromatic nitrogens is 1. The molecule has 1 fully saturated rings. The van der Waals surface area contributed by atoms with Crippen molar-refractivity contribution in [1.82, 2.24) is 14.8 Å². The number of carbonyl (C=O) groups excluding carboxylic acids is 1. The lowest BCUT2D eigenvalue weighted by Crippen LogP contribution is -2.48. The van der Waals surface area contributed by atoms with Crippen molar-refractivity contribution >= 4 is 17.2 Å². The number of amides is 1. The van der Waals surface area contributed by atoms with Gasteiger partial charge in [-0.25, -0.2) is 4.98 Å². The van der Waals surface area contributed by atoms with Crippen LogP contribution >= 0.6 is 11.3 Å². The monoisotopic (exact) mass is 453 g/mol. The van der Waals surface area contributed by atoms with E-state index >= 15 is 0 Å². The minimum absolute atomic E-state index is 0.0616. The van der Waals surface area contributed by atoms with Crippen molar-refractivity contribution in [2.75, 3.05) is 47.5 Å². The van der Waals surface area contributed by atoms with Crippen LogP contribution in [0.15, 0.2) is 47.8 Å². The Hall–Kier alpha value is -3.10. The highest BCUT2D eigenvalue weighted by molar-refractivity contribution is 7.09. The summed E-state index contributed by atoms with van der Waals surface area (Å²) in [6.07, 6.45) is 0. The second-order valence-corrected chi connectivity index (χ2v) is 8.41. The molecular formula is C24H27N3O4S. The van der Waals surface area contributed by atoms with Crippen molar-refractivity contribution in [2.24, 2.45) is 0 Å². The summed E-state index contributed by atoms with van der Waals surface area (Å²) in [4.78, 5) is 22.2. The third-order valence-electron chi connectivity index (χ3n) is 5.58. The molecule has 1 amide bonds. The fourth-order valence-corrected chi connectivity index (χ4v) is 4.66. The van der Waals surface area contributed by atoms with Crippen LogP contribution in [0.3, 0.4) is 0 Å². The summed E-state index contributed by atoms with van der Waals surface area (Å²) < 4.78 is 16.1. The summed E-state index contributed by atoms with van der Waals surface area (Å²) in [5.74, 6) is 1.83. The van der Waals surface area contributed by atoms with E-state index < -0.39 is 0 Å². The molecule has 1 saturated heterocycles. The first kappa shape index (κ1) is 22.1. The van der Waals surface area contributed by atoms with Gasteiger partial charge in [-0.15, -0.1) is 11.3 Å². The van der Waals surface area contributed by atoms with Gasteiger partial charge in [0.1, 0.15) is 27.8 Å². The number of hydrogen-bond donors (Lipinski definition) is 0. The first-order valence-corrected chi connectivity index (χ1v) is 11.3. The lowest BCUT2D eigenvalue weighted by atomic mass is 10.1. The number of carbonyl (C=O) groups is 1. The van der Waals surface area contributed by atoms with Gasteiger partial charge < -0.3 is 19.1 Å². The van der Waals surface area contributed by atoms with Crippen LogP contribution in [0.5, 0.6) is 17.2 Å². The van der Waals surface area contributed by atoms with Gasteiger partial charge in [-0.3, -0.25) is 9.69 Å². The Morgan fingerprint density at radius 3 is 2.31 bits per heavy atom. The Balaban J connectivity index is 1.38. The van der Waals surface area contributed by atoms with Crippen molar-refractivity contribution in [2.45, 2.75) is 6.54 Å². The number of piperazine rings is 1. The first-order valence-electron chi connectivity index (χ1n) is 10.4. The van der Waals surface area contributed by atoms with Gasteiger partial charge in [0.05, 0.1) is 33.6 Å². The summed E-state index contributed by atoms with van der Waals surface area (Å²) in [6.45, 7) is 3.64. The lowest BCUT2D eigenvalue weighted by molar-refractivity contribution is 0.0622. The average molecular weight is 454 g/mol. The zero-order chi connectivity index (χ0) is 22.5. The van der Waals surface area contributed by atoms with Crippen LogP contribution in [0.2, 0.25) is 0 Å². The molecule has 2 heterocycles. The molecule has 4 rings (SSSR count). The SMILES string of the molecule is COc1cccc(-c2csc(CN3CCN(C(=O)c4c(OC)cccc4OC)CC3)n2)c1. The van der Waals surface area contributed by atoms with Crippen molar-refractivity contribution in [3.63, 3.8) is 0 Å². The topological polar surface area (TPSA) is 64.1 Å². The highest BCUT2D eigenvalue weighted by atomic mass is 32.1. The molecule has 0 aliphatic carbocycles. The maximum Gasteiger partial charge on any atom is 0.261 e. The summed E-state index contributed by atoms with van der Waals surface area (Å²) in [6, 6.07) is 13.3. The second kappa shape index (κ2) is 10.0. The Morgan fingerprint density at radius 1 is 0.969 bits per heavy atom. The zero-order valence-corrected chi connectivity index (χ0v) is 19.4. The van der Waals surface area contributed by atoms with Gasteiger partial charge in [0.15, 0.2) is 0 Å². The van der Waals surface area contributed by atoms with E-state index in [1.54, 1.807) is 44.8 Å². The number of rotatable bonds is 7. The minimum Gasteiger partial charge on any atom is -0.497 e. The Bertz CT molecular complexity index is 1050. The molecule has 0 atom stereocenters. The Kier molecular flexibility index (Phi) is 6.92. The average Bonchev–Trinajstić information content (AvgIpc) is 3.32. The van der Waals surface area contributed by atoms with Crippen molar-refractivity contribution < 1.29 is 19.0 Å². The molecule has 32 heavy (non-hydrogen) atoms. The highest BCUT2D eigenvalue weighted by Gasteiger charge is 2.27. The fraction of sp³-hybridized carbons (Fsp3) is 0.333. The predicted molar refractivity (Wildman–Crippen MR) is 125 cm³/mol. The number of nitrogens with zero attached hydrogens (tertiary/aromatic N) is 3. The van der Waals surface area contributed by atoms with Crippen LogP contribution < -0.4 is 14.2 Å². The molecule has 3 aromatic rings. The van der Waals surface area contributed by atoms with E-state index in [2.05, 4.69) is 10.3 Å². The molecule has 0 bridgehead atoms. The smallest absolute Gasteiger partial charge is 0.261 e. The molecule has 168 valence electrons. The van der Waals surface area contributed by atoms with E-state index in [0.717, 1.165) is 41.6 Å². The van der Waals surface area contributed by atoms with Crippen LogP contribution in [0.4, 0.5) is 0 Å². The minimum atomic E-state index is -0.0616. The second-order valence-electron chi connectivity index (χ2n) is 7.46. The molecule has 7 nitrogen and oxygen atoms in total. The molecule has 1 aliphatic heterocycles. The first-order chi connectivity index (χ1) is 15.6. The van der Waals surface area contributed by atoms with Crippen molar-refractivity contribution in [1.29, 1.82) is 0 Å². The van der Waals surface area contributed by atoms with Crippen molar-refractivity contribution in [3.05, 3.63) is 58.4 Å². The van der Waals surface area contributed by atoms with Crippen LogP contribution in [0, 0.1) is 0 Å². The van der Waals surface area contributed by atoms with Gasteiger partial charge in [-0.1, -0.05) is 18.2 Å². The predicted octanol–water partition coefficient (Wildman–Crippen LogP) is 3.79. The molecule has 1 aromatic heterocycles. The van der Waals surface area contributed by atoms with Crippen LogP contribution in [0.1, 0.15) is 15.4 Å². The lowest BCUT2D eigenvalue weighted by Gasteiger charge is -2.34. The molecule has 0 radical (unpaired) electrons. The molecule has 2 aromatic carbocycles. The molecule has 0 spiro atoms. The summed E-state index contributed by atoms with van der Waals surface area (Å²) in [7, 11) is 4.80. The third-order valence-corrected chi connectivity index (χ3v) is 6.41. The Labute approximate surface area is 192 Å². The number of hydrogen-bond acceptors (Lipinski definition) is 7. The quantitative estimate of drug-likeness (QED) is 0.542. The van der Waals surface area contributed by atoms with Crippen LogP contribution in [-0.4, -0.2) is 68.2 Å². The zero-order valence-electron chi connectivity index (χ0n) is 18.5. The Morgan fingerprint density at radius 2 is 1.66 bits per heavy atom. The largest absolute Gasteiger partial charge is 0.497 e. The van der Waals surface area contributed by atoms with E-state index in [4.69, 9.17) is 19.2 Å². The van der Waals surface area contributed by atoms with E-state index in [0.29, 0.717) is 30.2 Å². The summed E-state index contributed by atoms with van der Waals surface area (Å²) in [5.41, 5.74) is 2.49. The molecule has 0 unspecified atom stereocenters. The molecule has 0 N–H and O–H groups in total. The molecule has 8 heteroatoms. The van der Waals surface area contributed by atoms with E-state index in [1.807, 2.05) is 35.2 Å². The number of thiazole rings is 1. The van der Waals surface area contributed by atoms with Crippen LogP contribution in [0.25, 0.3) is 11.3 Å². The number of benzene rings is 2. The third kappa shape index (κ3) is 4.71. The summed E-state index contributed by atoms with van der Waals surface area (Å²) in [5, 5.41) is 3.15. The fourth-order valence-electron chi connectivity index (χ4n) is 3.82. The van der Waals surface area contributed by atoms with Gasteiger partial charge in [0.2, 0.25) is 0 Å².